The van der Waals surface area contributed by atoms with E-state index in [4.69, 9.17) is 16.3 Å². The highest BCUT2D eigenvalue weighted by Gasteiger charge is 2.05. The van der Waals surface area contributed by atoms with Gasteiger partial charge in [0.1, 0.15) is 12.4 Å². The Kier molecular flexibility index (Phi) is 7.30. The molecule has 108 valence electrons. The zero-order valence-corrected chi connectivity index (χ0v) is 12.3. The molecular formula is C14H15Cl2FN2O. The molecule has 20 heavy (non-hydrogen) atoms. The minimum atomic E-state index is -0.300. The molecule has 2 aromatic rings. The van der Waals surface area contributed by atoms with Gasteiger partial charge in [0.15, 0.2) is 0 Å². The van der Waals surface area contributed by atoms with E-state index < -0.39 is 0 Å². The Morgan fingerprint density at radius 3 is 2.75 bits per heavy atom. The van der Waals surface area contributed by atoms with Crippen molar-refractivity contribution < 1.29 is 9.13 Å². The van der Waals surface area contributed by atoms with Gasteiger partial charge in [-0.1, -0.05) is 23.7 Å². The maximum atomic E-state index is 13.5. The van der Waals surface area contributed by atoms with E-state index in [1.54, 1.807) is 24.4 Å². The van der Waals surface area contributed by atoms with E-state index in [0.29, 0.717) is 36.2 Å². The molecule has 6 heteroatoms. The Balaban J connectivity index is 0.00000200. The third kappa shape index (κ3) is 4.96. The molecule has 0 radical (unpaired) electrons. The summed E-state index contributed by atoms with van der Waals surface area (Å²) in [6.07, 6.45) is 1.67. The summed E-state index contributed by atoms with van der Waals surface area (Å²) in [5, 5.41) is 3.51. The summed E-state index contributed by atoms with van der Waals surface area (Å²) in [6.45, 7) is 1.42. The van der Waals surface area contributed by atoms with Crippen LogP contribution in [0.1, 0.15) is 5.56 Å². The monoisotopic (exact) mass is 316 g/mol. The molecule has 0 spiro atoms. The van der Waals surface area contributed by atoms with Crippen LogP contribution in [0.2, 0.25) is 5.02 Å². The number of nitrogens with zero attached hydrogens (tertiary/aromatic N) is 1. The minimum Gasteiger partial charge on any atom is -0.476 e. The molecule has 0 bridgehead atoms. The molecule has 1 aromatic carbocycles. The number of halogens is 3. The van der Waals surface area contributed by atoms with Gasteiger partial charge >= 0.3 is 0 Å². The van der Waals surface area contributed by atoms with Crippen LogP contribution in [0.4, 0.5) is 4.39 Å². The number of benzene rings is 1. The second kappa shape index (κ2) is 8.74. The molecule has 0 aliphatic carbocycles. The number of hydrogen-bond acceptors (Lipinski definition) is 3. The number of ether oxygens (including phenoxy) is 1. The van der Waals surface area contributed by atoms with Crippen LogP contribution in [-0.4, -0.2) is 18.1 Å². The second-order valence-corrected chi connectivity index (χ2v) is 4.30. The Hall–Kier alpha value is -1.36. The van der Waals surface area contributed by atoms with Crippen molar-refractivity contribution in [2.45, 2.75) is 6.54 Å². The fourth-order valence-electron chi connectivity index (χ4n) is 1.57. The first-order valence-corrected chi connectivity index (χ1v) is 6.32. The molecule has 0 fully saturated rings. The SMILES string of the molecule is Cl.Fc1cccc(Cl)c1CNCCOc1ccccn1. The fourth-order valence-corrected chi connectivity index (χ4v) is 1.80. The van der Waals surface area contributed by atoms with E-state index in [9.17, 15) is 4.39 Å². The van der Waals surface area contributed by atoms with E-state index in [1.165, 1.54) is 6.07 Å². The van der Waals surface area contributed by atoms with E-state index in [-0.39, 0.29) is 18.2 Å². The van der Waals surface area contributed by atoms with Gasteiger partial charge < -0.3 is 10.1 Å². The minimum absolute atomic E-state index is 0. The summed E-state index contributed by atoms with van der Waals surface area (Å²) in [5.74, 6) is 0.277. The largest absolute Gasteiger partial charge is 0.476 e. The number of hydrogen-bond donors (Lipinski definition) is 1. The summed E-state index contributed by atoms with van der Waals surface area (Å²) >= 11 is 5.92. The standard InChI is InChI=1S/C14H14ClFN2O.ClH/c15-12-4-3-5-13(16)11(12)10-17-8-9-19-14-6-1-2-7-18-14;/h1-7,17H,8-10H2;1H. The Labute approximate surface area is 128 Å². The first-order valence-electron chi connectivity index (χ1n) is 5.95. The number of nitrogens with one attached hydrogen (secondary N) is 1. The average Bonchev–Trinajstić information content (AvgIpc) is 2.42. The van der Waals surface area contributed by atoms with E-state index in [2.05, 4.69) is 10.3 Å². The highest BCUT2D eigenvalue weighted by molar-refractivity contribution is 6.31. The van der Waals surface area contributed by atoms with Gasteiger partial charge in [0.25, 0.3) is 0 Å². The lowest BCUT2D eigenvalue weighted by atomic mass is 10.2. The van der Waals surface area contributed by atoms with Crippen LogP contribution >= 0.6 is 24.0 Å². The molecule has 1 N–H and O–H groups in total. The van der Waals surface area contributed by atoms with Crippen LogP contribution in [-0.2, 0) is 6.54 Å². The third-order valence-corrected chi connectivity index (χ3v) is 2.88. The molecule has 0 unspecified atom stereocenters. The molecule has 0 saturated heterocycles. The van der Waals surface area contributed by atoms with Crippen molar-refractivity contribution in [1.82, 2.24) is 10.3 Å². The summed E-state index contributed by atoms with van der Waals surface area (Å²) < 4.78 is 18.9. The van der Waals surface area contributed by atoms with Gasteiger partial charge in [-0.05, 0) is 18.2 Å². The van der Waals surface area contributed by atoms with Crippen molar-refractivity contribution in [2.75, 3.05) is 13.2 Å². The van der Waals surface area contributed by atoms with Gasteiger partial charge in [-0.3, -0.25) is 0 Å². The molecule has 0 atom stereocenters. The van der Waals surface area contributed by atoms with Crippen LogP contribution in [0, 0.1) is 5.82 Å². The van der Waals surface area contributed by atoms with E-state index >= 15 is 0 Å². The third-order valence-electron chi connectivity index (χ3n) is 2.53. The fraction of sp³-hybridized carbons (Fsp3) is 0.214. The summed E-state index contributed by atoms with van der Waals surface area (Å²) in [5.41, 5.74) is 0.474. The first-order chi connectivity index (χ1) is 9.27. The lowest BCUT2D eigenvalue weighted by Crippen LogP contribution is -2.21. The van der Waals surface area contributed by atoms with Gasteiger partial charge in [0, 0.05) is 35.9 Å². The van der Waals surface area contributed by atoms with Crippen molar-refractivity contribution >= 4 is 24.0 Å². The van der Waals surface area contributed by atoms with Gasteiger partial charge in [-0.15, -0.1) is 12.4 Å². The highest BCUT2D eigenvalue weighted by atomic mass is 35.5. The average molecular weight is 317 g/mol. The molecule has 2 rings (SSSR count). The van der Waals surface area contributed by atoms with Gasteiger partial charge in [0.05, 0.1) is 0 Å². The van der Waals surface area contributed by atoms with Crippen LogP contribution < -0.4 is 10.1 Å². The molecular weight excluding hydrogens is 302 g/mol. The summed E-state index contributed by atoms with van der Waals surface area (Å²) in [4.78, 5) is 4.03. The predicted molar refractivity (Wildman–Crippen MR) is 80.1 cm³/mol. The van der Waals surface area contributed by atoms with Crippen molar-refractivity contribution in [3.63, 3.8) is 0 Å². The molecule has 1 heterocycles. The van der Waals surface area contributed by atoms with Crippen molar-refractivity contribution in [3.05, 3.63) is 59.0 Å². The number of rotatable bonds is 6. The molecule has 0 aliphatic heterocycles. The van der Waals surface area contributed by atoms with E-state index in [0.717, 1.165) is 0 Å². The molecule has 0 saturated carbocycles. The van der Waals surface area contributed by atoms with Crippen LogP contribution in [0.25, 0.3) is 0 Å². The van der Waals surface area contributed by atoms with E-state index in [1.807, 2.05) is 12.1 Å². The topological polar surface area (TPSA) is 34.1 Å². The molecule has 3 nitrogen and oxygen atoms in total. The number of aromatic nitrogens is 1. The number of pyridine rings is 1. The normalized spacial score (nSPS) is 9.90. The highest BCUT2D eigenvalue weighted by Crippen LogP contribution is 2.18. The zero-order valence-electron chi connectivity index (χ0n) is 10.7. The maximum Gasteiger partial charge on any atom is 0.213 e. The van der Waals surface area contributed by atoms with Crippen LogP contribution in [0.15, 0.2) is 42.6 Å². The Bertz CT molecular complexity index is 506. The van der Waals surface area contributed by atoms with Gasteiger partial charge in [0.2, 0.25) is 5.88 Å². The summed E-state index contributed by atoms with van der Waals surface area (Å²) in [7, 11) is 0. The predicted octanol–water partition coefficient (Wildman–Crippen LogP) is 3.46. The van der Waals surface area contributed by atoms with Crippen molar-refractivity contribution in [3.8, 4) is 5.88 Å². The van der Waals surface area contributed by atoms with Crippen LogP contribution in [0.3, 0.4) is 0 Å². The Morgan fingerprint density at radius 2 is 2.05 bits per heavy atom. The lowest BCUT2D eigenvalue weighted by Gasteiger charge is -2.08. The molecule has 0 amide bonds. The Morgan fingerprint density at radius 1 is 1.20 bits per heavy atom. The molecule has 1 aromatic heterocycles. The molecule has 0 aliphatic rings. The smallest absolute Gasteiger partial charge is 0.213 e. The van der Waals surface area contributed by atoms with Crippen molar-refractivity contribution in [2.24, 2.45) is 0 Å². The van der Waals surface area contributed by atoms with Gasteiger partial charge in [-0.25, -0.2) is 9.37 Å². The van der Waals surface area contributed by atoms with Crippen molar-refractivity contribution in [1.29, 1.82) is 0 Å². The van der Waals surface area contributed by atoms with Gasteiger partial charge in [-0.2, -0.15) is 0 Å². The zero-order chi connectivity index (χ0) is 13.5. The quantitative estimate of drug-likeness (QED) is 0.829. The summed E-state index contributed by atoms with van der Waals surface area (Å²) in [6, 6.07) is 10.1. The second-order valence-electron chi connectivity index (χ2n) is 3.89. The van der Waals surface area contributed by atoms with Crippen LogP contribution in [0.5, 0.6) is 5.88 Å². The maximum absolute atomic E-state index is 13.5. The first kappa shape index (κ1) is 16.7. The lowest BCUT2D eigenvalue weighted by molar-refractivity contribution is 0.302.